The van der Waals surface area contributed by atoms with Crippen LogP contribution in [0.25, 0.3) is 0 Å². The molecule has 2 atom stereocenters. The lowest BCUT2D eigenvalue weighted by Gasteiger charge is -2.39. The minimum atomic E-state index is -0.0191. The Kier molecular flexibility index (Phi) is 6.56. The highest BCUT2D eigenvalue weighted by molar-refractivity contribution is 5.94. The summed E-state index contributed by atoms with van der Waals surface area (Å²) in [5.74, 6) is 1.22. The van der Waals surface area contributed by atoms with Crippen molar-refractivity contribution in [3.05, 3.63) is 59.7 Å². The first-order valence-electron chi connectivity index (χ1n) is 11.1. The fourth-order valence-corrected chi connectivity index (χ4v) is 4.67. The molecule has 2 aliphatic heterocycles. The summed E-state index contributed by atoms with van der Waals surface area (Å²) in [5, 5.41) is 9.69. The Morgan fingerprint density at radius 2 is 1.87 bits per heavy atom. The first-order chi connectivity index (χ1) is 15.0. The van der Waals surface area contributed by atoms with Crippen LogP contribution in [0.15, 0.2) is 53.6 Å². The lowest BCUT2D eigenvalue weighted by atomic mass is 9.85. The zero-order chi connectivity index (χ0) is 21.8. The van der Waals surface area contributed by atoms with Crippen LogP contribution in [0, 0.1) is 5.92 Å². The second-order valence-electron chi connectivity index (χ2n) is 8.57. The maximum absolute atomic E-state index is 12.8. The monoisotopic (exact) mass is 420 g/mol. The molecule has 0 aliphatic carbocycles. The number of carbonyl (C=O) groups excluding carboxylic acids is 1. The van der Waals surface area contributed by atoms with Gasteiger partial charge in [-0.05, 0) is 81.2 Å². The number of carbonyl (C=O) groups is 1. The topological polar surface area (TPSA) is 57.2 Å². The standard InChI is InChI=1S/C25H32N4O2/c1-18-14-16-29(27-18)22-10-6-20(7-11-22)25(30)26-17-21-5-4-15-28(2)24(21)19-8-12-23(31-3)13-9-19/h6-13,21,24H,4-5,14-17H2,1-3H3,(H,26,30). The molecule has 2 unspecified atom stereocenters. The van der Waals surface area contributed by atoms with Gasteiger partial charge in [0.25, 0.3) is 5.91 Å². The number of nitrogens with zero attached hydrogens (tertiary/aromatic N) is 3. The molecule has 0 bridgehead atoms. The van der Waals surface area contributed by atoms with E-state index in [-0.39, 0.29) is 5.91 Å². The molecule has 4 rings (SSSR count). The number of hydrazone groups is 1. The summed E-state index contributed by atoms with van der Waals surface area (Å²) in [6.07, 6.45) is 3.24. The van der Waals surface area contributed by atoms with Crippen LogP contribution in [-0.2, 0) is 0 Å². The molecule has 164 valence electrons. The third-order valence-corrected chi connectivity index (χ3v) is 6.39. The highest BCUT2D eigenvalue weighted by Crippen LogP contribution is 2.35. The van der Waals surface area contributed by atoms with Gasteiger partial charge >= 0.3 is 0 Å². The van der Waals surface area contributed by atoms with Crippen LogP contribution in [-0.4, -0.2) is 50.3 Å². The van der Waals surface area contributed by atoms with Gasteiger partial charge in [0.15, 0.2) is 0 Å². The van der Waals surface area contributed by atoms with E-state index in [9.17, 15) is 4.79 Å². The minimum absolute atomic E-state index is 0.0191. The molecule has 2 aromatic rings. The Morgan fingerprint density at radius 1 is 1.13 bits per heavy atom. The largest absolute Gasteiger partial charge is 0.497 e. The van der Waals surface area contributed by atoms with Crippen molar-refractivity contribution in [1.29, 1.82) is 0 Å². The third kappa shape index (κ3) is 4.90. The van der Waals surface area contributed by atoms with Gasteiger partial charge in [0.1, 0.15) is 5.75 Å². The van der Waals surface area contributed by atoms with E-state index in [1.165, 1.54) is 5.56 Å². The number of likely N-dealkylation sites (tertiary alicyclic amines) is 1. The SMILES string of the molecule is COc1ccc(C2C(CNC(=O)c3ccc(N4CCC(C)=N4)cc3)CCCN2C)cc1. The molecule has 1 amide bonds. The number of piperidine rings is 1. The van der Waals surface area contributed by atoms with Crippen molar-refractivity contribution in [2.75, 3.05) is 38.8 Å². The zero-order valence-electron chi connectivity index (χ0n) is 18.7. The Hall–Kier alpha value is -2.86. The number of rotatable bonds is 6. The normalized spacial score (nSPS) is 21.6. The molecule has 2 aromatic carbocycles. The number of hydrogen-bond acceptors (Lipinski definition) is 5. The lowest BCUT2D eigenvalue weighted by molar-refractivity contribution is 0.0891. The molecular formula is C25H32N4O2. The maximum atomic E-state index is 12.8. The second kappa shape index (κ2) is 9.52. The van der Waals surface area contributed by atoms with Gasteiger partial charge in [-0.15, -0.1) is 0 Å². The average Bonchev–Trinajstić information content (AvgIpc) is 3.24. The molecule has 0 radical (unpaired) electrons. The van der Waals surface area contributed by atoms with E-state index < -0.39 is 0 Å². The van der Waals surface area contributed by atoms with Crippen LogP contribution >= 0.6 is 0 Å². The van der Waals surface area contributed by atoms with Crippen LogP contribution in [0.3, 0.4) is 0 Å². The maximum Gasteiger partial charge on any atom is 0.251 e. The molecule has 0 saturated carbocycles. The predicted octanol–water partition coefficient (Wildman–Crippen LogP) is 4.09. The fraction of sp³-hybridized carbons (Fsp3) is 0.440. The molecule has 0 spiro atoms. The van der Waals surface area contributed by atoms with Gasteiger partial charge in [0.2, 0.25) is 0 Å². The summed E-state index contributed by atoms with van der Waals surface area (Å²) in [7, 11) is 3.86. The Labute approximate surface area is 184 Å². The summed E-state index contributed by atoms with van der Waals surface area (Å²) in [4.78, 5) is 15.2. The minimum Gasteiger partial charge on any atom is -0.497 e. The van der Waals surface area contributed by atoms with Crippen molar-refractivity contribution < 1.29 is 9.53 Å². The van der Waals surface area contributed by atoms with Gasteiger partial charge in [0.05, 0.1) is 12.8 Å². The van der Waals surface area contributed by atoms with Crippen molar-refractivity contribution in [3.63, 3.8) is 0 Å². The predicted molar refractivity (Wildman–Crippen MR) is 125 cm³/mol. The number of benzene rings is 2. The number of ether oxygens (including phenoxy) is 1. The number of amides is 1. The zero-order valence-corrected chi connectivity index (χ0v) is 18.7. The Morgan fingerprint density at radius 3 is 2.52 bits per heavy atom. The van der Waals surface area contributed by atoms with Crippen molar-refractivity contribution in [2.45, 2.75) is 32.2 Å². The summed E-state index contributed by atoms with van der Waals surface area (Å²) in [6, 6.07) is 16.3. The lowest BCUT2D eigenvalue weighted by Crippen LogP contribution is -2.41. The Bertz CT molecular complexity index is 924. The summed E-state index contributed by atoms with van der Waals surface area (Å²) in [5.41, 5.74) is 4.13. The molecule has 1 saturated heterocycles. The van der Waals surface area contributed by atoms with Crippen LogP contribution in [0.4, 0.5) is 5.69 Å². The molecule has 0 aromatic heterocycles. The molecule has 31 heavy (non-hydrogen) atoms. The van der Waals surface area contributed by atoms with Gasteiger partial charge < -0.3 is 10.1 Å². The quantitative estimate of drug-likeness (QED) is 0.765. The van der Waals surface area contributed by atoms with Gasteiger partial charge in [-0.3, -0.25) is 14.7 Å². The van der Waals surface area contributed by atoms with E-state index >= 15 is 0 Å². The van der Waals surface area contributed by atoms with E-state index in [0.717, 1.165) is 49.5 Å². The second-order valence-corrected chi connectivity index (χ2v) is 8.57. The van der Waals surface area contributed by atoms with Crippen LogP contribution in [0.1, 0.15) is 48.1 Å². The van der Waals surface area contributed by atoms with Crippen LogP contribution < -0.4 is 15.1 Å². The van der Waals surface area contributed by atoms with E-state index in [2.05, 4.69) is 34.5 Å². The highest BCUT2D eigenvalue weighted by atomic mass is 16.5. The van der Waals surface area contributed by atoms with Crippen molar-refractivity contribution in [3.8, 4) is 5.75 Å². The first kappa shape index (κ1) is 21.4. The molecule has 1 N–H and O–H groups in total. The summed E-state index contributed by atoms with van der Waals surface area (Å²) >= 11 is 0. The first-order valence-corrected chi connectivity index (χ1v) is 11.1. The van der Waals surface area contributed by atoms with E-state index in [4.69, 9.17) is 4.74 Å². The molecule has 2 heterocycles. The fourth-order valence-electron chi connectivity index (χ4n) is 4.67. The third-order valence-electron chi connectivity index (χ3n) is 6.39. The van der Waals surface area contributed by atoms with Crippen LogP contribution in [0.5, 0.6) is 5.75 Å². The highest BCUT2D eigenvalue weighted by Gasteiger charge is 2.30. The van der Waals surface area contributed by atoms with Gasteiger partial charge in [-0.2, -0.15) is 5.10 Å². The summed E-state index contributed by atoms with van der Waals surface area (Å²) < 4.78 is 5.30. The smallest absolute Gasteiger partial charge is 0.251 e. The van der Waals surface area contributed by atoms with E-state index in [1.807, 2.05) is 48.3 Å². The molecule has 2 aliphatic rings. The van der Waals surface area contributed by atoms with Crippen molar-refractivity contribution >= 4 is 17.3 Å². The average molecular weight is 421 g/mol. The summed E-state index contributed by atoms with van der Waals surface area (Å²) in [6.45, 7) is 4.68. The van der Waals surface area contributed by atoms with Gasteiger partial charge in [-0.1, -0.05) is 12.1 Å². The van der Waals surface area contributed by atoms with E-state index in [0.29, 0.717) is 24.1 Å². The number of methoxy groups -OCH3 is 1. The van der Waals surface area contributed by atoms with E-state index in [1.54, 1.807) is 7.11 Å². The van der Waals surface area contributed by atoms with Gasteiger partial charge in [-0.25, -0.2) is 0 Å². The number of nitrogens with one attached hydrogen (secondary N) is 1. The molecule has 1 fully saturated rings. The van der Waals surface area contributed by atoms with Gasteiger partial charge in [0, 0.05) is 36.8 Å². The van der Waals surface area contributed by atoms with Crippen LogP contribution in [0.2, 0.25) is 0 Å². The van der Waals surface area contributed by atoms with Crippen molar-refractivity contribution in [2.24, 2.45) is 11.0 Å². The number of anilines is 1. The molecule has 6 heteroatoms. The van der Waals surface area contributed by atoms with Crippen molar-refractivity contribution in [1.82, 2.24) is 10.2 Å². The number of hydrogen-bond donors (Lipinski definition) is 1. The molecule has 6 nitrogen and oxygen atoms in total. The molecular weight excluding hydrogens is 388 g/mol. The Balaban J connectivity index is 1.39.